The van der Waals surface area contributed by atoms with Crippen LogP contribution in [0, 0.1) is 19.3 Å². The molecule has 0 bridgehead atoms. The Morgan fingerprint density at radius 2 is 1.60 bits per heavy atom. The molecule has 0 unspecified atom stereocenters. The van der Waals surface area contributed by atoms with E-state index in [9.17, 15) is 0 Å². The van der Waals surface area contributed by atoms with Crippen LogP contribution >= 0.6 is 0 Å². The number of aryl methyl sites for hydroxylation is 2. The molecule has 0 amide bonds. The van der Waals surface area contributed by atoms with Gasteiger partial charge in [0.1, 0.15) is 11.5 Å². The van der Waals surface area contributed by atoms with Gasteiger partial charge in [0, 0.05) is 17.3 Å². The molecule has 0 saturated heterocycles. The van der Waals surface area contributed by atoms with Crippen molar-refractivity contribution in [3.05, 3.63) is 77.5 Å². The fourth-order valence-electron chi connectivity index (χ4n) is 6.47. The third-order valence-electron chi connectivity index (χ3n) is 8.62. The minimum Gasteiger partial charge on any atom is -0.456 e. The highest BCUT2D eigenvalue weighted by atomic mass is 16.5. The van der Waals surface area contributed by atoms with E-state index in [1.54, 1.807) is 0 Å². The molecule has 5 aromatic rings. The van der Waals surface area contributed by atoms with Gasteiger partial charge in [-0.05, 0) is 102 Å². The maximum atomic E-state index is 6.70. The van der Waals surface area contributed by atoms with Crippen molar-refractivity contribution in [2.45, 2.75) is 59.3 Å². The largest absolute Gasteiger partial charge is 0.456 e. The zero-order valence-electron chi connectivity index (χ0n) is 21.0. The summed E-state index contributed by atoms with van der Waals surface area (Å²) in [6.45, 7) is 9.14. The van der Waals surface area contributed by atoms with E-state index in [2.05, 4.69) is 82.3 Å². The molecule has 4 aromatic carbocycles. The van der Waals surface area contributed by atoms with Crippen LogP contribution in [-0.4, -0.2) is 4.98 Å². The molecule has 1 saturated carbocycles. The summed E-state index contributed by atoms with van der Waals surface area (Å²) in [4.78, 5) is 4.88. The minimum absolute atomic E-state index is 0.485. The molecular formula is C33H31NO. The van der Waals surface area contributed by atoms with Crippen molar-refractivity contribution in [3.63, 3.8) is 0 Å². The van der Waals surface area contributed by atoms with E-state index < -0.39 is 0 Å². The normalized spacial score (nSPS) is 17.0. The predicted molar refractivity (Wildman–Crippen MR) is 147 cm³/mol. The van der Waals surface area contributed by atoms with Crippen molar-refractivity contribution < 1.29 is 4.74 Å². The summed E-state index contributed by atoms with van der Waals surface area (Å²) in [7, 11) is 0. The molecule has 174 valence electrons. The first-order valence-corrected chi connectivity index (χ1v) is 13.0. The second-order valence-corrected chi connectivity index (χ2v) is 11.6. The molecule has 2 heterocycles. The molecule has 1 fully saturated rings. The average molecular weight is 458 g/mol. The van der Waals surface area contributed by atoms with Crippen molar-refractivity contribution in [2.75, 3.05) is 0 Å². The number of aromatic nitrogens is 1. The Labute approximate surface area is 207 Å². The molecule has 1 aliphatic carbocycles. The van der Waals surface area contributed by atoms with Crippen LogP contribution in [0.25, 0.3) is 43.6 Å². The summed E-state index contributed by atoms with van der Waals surface area (Å²) in [5.74, 6) is 2.53. The zero-order valence-corrected chi connectivity index (χ0v) is 21.0. The van der Waals surface area contributed by atoms with Crippen LogP contribution in [0.4, 0.5) is 0 Å². The first-order valence-electron chi connectivity index (χ1n) is 13.0. The Kier molecular flexibility index (Phi) is 4.37. The number of ether oxygens (including phenoxy) is 1. The lowest BCUT2D eigenvalue weighted by Gasteiger charge is -2.34. The third-order valence-corrected chi connectivity index (χ3v) is 8.62. The van der Waals surface area contributed by atoms with Crippen LogP contribution in [0.1, 0.15) is 62.1 Å². The molecule has 2 nitrogen and oxygen atoms in total. The van der Waals surface area contributed by atoms with E-state index >= 15 is 0 Å². The van der Waals surface area contributed by atoms with Crippen LogP contribution in [-0.2, 0) is 0 Å². The van der Waals surface area contributed by atoms with Gasteiger partial charge in [-0.15, -0.1) is 0 Å². The van der Waals surface area contributed by atoms with Gasteiger partial charge in [0.25, 0.3) is 0 Å². The molecule has 35 heavy (non-hydrogen) atoms. The molecule has 0 radical (unpaired) electrons. The Morgan fingerprint density at radius 3 is 2.43 bits per heavy atom. The van der Waals surface area contributed by atoms with Crippen molar-refractivity contribution >= 4 is 32.3 Å². The van der Waals surface area contributed by atoms with E-state index in [-0.39, 0.29) is 0 Å². The lowest BCUT2D eigenvalue weighted by molar-refractivity contribution is 0.224. The molecule has 1 aliphatic heterocycles. The predicted octanol–water partition coefficient (Wildman–Crippen LogP) is 9.61. The number of fused-ring (bicyclic) bond motifs is 5. The van der Waals surface area contributed by atoms with E-state index in [1.807, 2.05) is 6.20 Å². The van der Waals surface area contributed by atoms with Crippen molar-refractivity contribution in [3.8, 4) is 22.8 Å². The highest BCUT2D eigenvalue weighted by Gasteiger charge is 2.29. The number of pyridine rings is 1. The third kappa shape index (κ3) is 3.19. The Bertz CT molecular complexity index is 1670. The number of nitrogens with zero attached hydrogens (tertiary/aromatic N) is 1. The van der Waals surface area contributed by atoms with Gasteiger partial charge in [-0.1, -0.05) is 55.8 Å². The highest BCUT2D eigenvalue weighted by Crippen LogP contribution is 2.51. The van der Waals surface area contributed by atoms with Crippen LogP contribution in [0.3, 0.4) is 0 Å². The summed E-state index contributed by atoms with van der Waals surface area (Å²) in [6.07, 6.45) is 7.13. The van der Waals surface area contributed by atoms with Gasteiger partial charge in [-0.3, -0.25) is 4.98 Å². The van der Waals surface area contributed by atoms with Crippen LogP contribution in [0.5, 0.6) is 11.5 Å². The number of hydrogen-bond donors (Lipinski definition) is 0. The second-order valence-electron chi connectivity index (χ2n) is 11.6. The van der Waals surface area contributed by atoms with Gasteiger partial charge in [-0.2, -0.15) is 0 Å². The maximum Gasteiger partial charge on any atom is 0.140 e. The number of benzene rings is 4. The van der Waals surface area contributed by atoms with Gasteiger partial charge in [-0.25, -0.2) is 0 Å². The molecule has 7 rings (SSSR count). The molecule has 1 aromatic heterocycles. The average Bonchev–Trinajstić information content (AvgIpc) is 2.84. The van der Waals surface area contributed by atoms with E-state index in [4.69, 9.17) is 9.72 Å². The summed E-state index contributed by atoms with van der Waals surface area (Å²) >= 11 is 0. The van der Waals surface area contributed by atoms with Gasteiger partial charge in [0.15, 0.2) is 0 Å². The van der Waals surface area contributed by atoms with Crippen LogP contribution in [0.2, 0.25) is 0 Å². The van der Waals surface area contributed by atoms with Gasteiger partial charge < -0.3 is 4.74 Å². The lowest BCUT2D eigenvalue weighted by atomic mass is 9.71. The standard InChI is InChI=1S/C33H31NO/c1-19-5-7-25-20(2)32-28(17-23(25)15-19)31-30-27(11-14-34-31)26-8-6-22(16-24(26)18-29(30)35-32)21-9-12-33(3,4)13-10-21/h5-8,11,14-18,21H,9-10,12-13H2,1-4H3. The first kappa shape index (κ1) is 20.9. The molecule has 0 atom stereocenters. The monoisotopic (exact) mass is 457 g/mol. The van der Waals surface area contributed by atoms with E-state index in [0.29, 0.717) is 11.3 Å². The zero-order chi connectivity index (χ0) is 23.9. The van der Waals surface area contributed by atoms with Crippen molar-refractivity contribution in [1.29, 1.82) is 0 Å². The van der Waals surface area contributed by atoms with Gasteiger partial charge >= 0.3 is 0 Å². The van der Waals surface area contributed by atoms with Crippen molar-refractivity contribution in [1.82, 2.24) is 4.98 Å². The SMILES string of the molecule is Cc1ccc2c(C)c3c(cc2c1)-c1nccc2c1c(cc1cc(C4CCC(C)(C)CC4)ccc12)O3. The fraction of sp³-hybridized carbons (Fsp3) is 0.303. The maximum absolute atomic E-state index is 6.70. The number of rotatable bonds is 1. The molecule has 0 spiro atoms. The van der Waals surface area contributed by atoms with Crippen LogP contribution in [0.15, 0.2) is 60.8 Å². The molecule has 0 N–H and O–H groups in total. The topological polar surface area (TPSA) is 22.1 Å². The Hall–Kier alpha value is -3.39. The number of hydrogen-bond acceptors (Lipinski definition) is 2. The van der Waals surface area contributed by atoms with Crippen LogP contribution < -0.4 is 4.74 Å². The fourth-order valence-corrected chi connectivity index (χ4v) is 6.47. The Morgan fingerprint density at radius 1 is 0.829 bits per heavy atom. The van der Waals surface area contributed by atoms with E-state index in [0.717, 1.165) is 28.1 Å². The first-order chi connectivity index (χ1) is 16.9. The second kappa shape index (κ2) is 7.31. The lowest BCUT2D eigenvalue weighted by Crippen LogP contribution is -2.20. The summed E-state index contributed by atoms with van der Waals surface area (Å²) in [5, 5.41) is 7.40. The molecule has 2 heteroatoms. The van der Waals surface area contributed by atoms with Crippen molar-refractivity contribution in [2.24, 2.45) is 5.41 Å². The minimum atomic E-state index is 0.485. The van der Waals surface area contributed by atoms with Gasteiger partial charge in [0.05, 0.1) is 11.1 Å². The Balaban J connectivity index is 1.42. The van der Waals surface area contributed by atoms with Gasteiger partial charge in [0.2, 0.25) is 0 Å². The van der Waals surface area contributed by atoms with E-state index in [1.165, 1.54) is 69.3 Å². The quantitative estimate of drug-likeness (QED) is 0.229. The summed E-state index contributed by atoms with van der Waals surface area (Å²) in [6, 6.07) is 20.4. The smallest absolute Gasteiger partial charge is 0.140 e. The molecular weight excluding hydrogens is 426 g/mol. The summed E-state index contributed by atoms with van der Waals surface area (Å²) in [5.41, 5.74) is 6.54. The summed E-state index contributed by atoms with van der Waals surface area (Å²) < 4.78 is 6.70. The molecule has 2 aliphatic rings. The highest BCUT2D eigenvalue weighted by molar-refractivity contribution is 6.16.